The van der Waals surface area contributed by atoms with Crippen molar-refractivity contribution in [3.05, 3.63) is 58.6 Å². The van der Waals surface area contributed by atoms with Crippen LogP contribution in [0.15, 0.2) is 58.3 Å². The maximum absolute atomic E-state index is 13.3. The lowest BCUT2D eigenvalue weighted by Crippen LogP contribution is -2.47. The van der Waals surface area contributed by atoms with Crippen molar-refractivity contribution >= 4 is 43.2 Å². The van der Waals surface area contributed by atoms with Crippen LogP contribution >= 0.6 is 23.2 Å². The topological polar surface area (TPSA) is 104 Å². The largest absolute Gasteiger partial charge is 0.395 e. The molecule has 190 valence electrons. The molecule has 0 spiro atoms. The molecule has 8 nitrogen and oxygen atoms in total. The van der Waals surface area contributed by atoms with E-state index in [1.807, 2.05) is 0 Å². The Bertz CT molecular complexity index is 1160. The van der Waals surface area contributed by atoms with Crippen LogP contribution in [0.25, 0.3) is 0 Å². The SMILES string of the molecule is CO[C@H](CN(C)S(=O)(=O)c1cccc(Cl)c1)[C@@H](C)CN([C@@H](C)CO)S(=O)(=O)c1ccc(Cl)cc1. The molecule has 0 aliphatic heterocycles. The summed E-state index contributed by atoms with van der Waals surface area (Å²) in [5, 5.41) is 10.4. The van der Waals surface area contributed by atoms with Gasteiger partial charge in [0.25, 0.3) is 0 Å². The van der Waals surface area contributed by atoms with Gasteiger partial charge in [0.1, 0.15) is 0 Å². The smallest absolute Gasteiger partial charge is 0.243 e. The average Bonchev–Trinajstić information content (AvgIpc) is 2.80. The number of hydrogen-bond donors (Lipinski definition) is 1. The Kier molecular flexibility index (Phi) is 10.3. The highest BCUT2D eigenvalue weighted by Gasteiger charge is 2.34. The van der Waals surface area contributed by atoms with Gasteiger partial charge in [-0.3, -0.25) is 0 Å². The number of sulfonamides is 2. The minimum Gasteiger partial charge on any atom is -0.395 e. The van der Waals surface area contributed by atoms with Gasteiger partial charge in [0.15, 0.2) is 0 Å². The van der Waals surface area contributed by atoms with Crippen LogP contribution in [-0.2, 0) is 24.8 Å². The second-order valence-corrected chi connectivity index (χ2v) is 12.9. The summed E-state index contributed by atoms with van der Waals surface area (Å²) < 4.78 is 60.4. The summed E-state index contributed by atoms with van der Waals surface area (Å²) in [5.41, 5.74) is 0. The minimum atomic E-state index is -3.96. The normalized spacial score (nSPS) is 15.4. The van der Waals surface area contributed by atoms with Crippen molar-refractivity contribution in [3.63, 3.8) is 0 Å². The molecule has 0 unspecified atom stereocenters. The fraction of sp³-hybridized carbons (Fsp3) is 0.455. The summed E-state index contributed by atoms with van der Waals surface area (Å²) in [6.45, 7) is 2.95. The molecule has 0 fully saturated rings. The molecule has 0 amide bonds. The van der Waals surface area contributed by atoms with Crippen LogP contribution in [-0.4, -0.2) is 76.6 Å². The van der Waals surface area contributed by atoms with E-state index in [4.69, 9.17) is 27.9 Å². The first-order chi connectivity index (χ1) is 15.8. The van der Waals surface area contributed by atoms with Crippen molar-refractivity contribution in [2.75, 3.05) is 33.9 Å². The molecule has 2 aromatic carbocycles. The lowest BCUT2D eigenvalue weighted by atomic mass is 10.0. The van der Waals surface area contributed by atoms with Crippen LogP contribution in [0.1, 0.15) is 13.8 Å². The lowest BCUT2D eigenvalue weighted by molar-refractivity contribution is 0.0360. The van der Waals surface area contributed by atoms with Gasteiger partial charge in [0, 0.05) is 43.3 Å². The van der Waals surface area contributed by atoms with E-state index >= 15 is 0 Å². The third-order valence-corrected chi connectivity index (χ3v) is 9.82. The quantitative estimate of drug-likeness (QED) is 0.433. The summed E-state index contributed by atoms with van der Waals surface area (Å²) in [6.07, 6.45) is -0.632. The van der Waals surface area contributed by atoms with Gasteiger partial charge in [-0.2, -0.15) is 8.61 Å². The van der Waals surface area contributed by atoms with Gasteiger partial charge < -0.3 is 9.84 Å². The van der Waals surface area contributed by atoms with Gasteiger partial charge >= 0.3 is 0 Å². The van der Waals surface area contributed by atoms with Crippen LogP contribution in [0.3, 0.4) is 0 Å². The highest BCUT2D eigenvalue weighted by Crippen LogP contribution is 2.24. The Morgan fingerprint density at radius 3 is 2.06 bits per heavy atom. The first-order valence-electron chi connectivity index (χ1n) is 10.5. The molecule has 0 bridgehead atoms. The molecule has 0 saturated carbocycles. The molecule has 0 radical (unpaired) electrons. The van der Waals surface area contributed by atoms with Crippen LogP contribution in [0.5, 0.6) is 0 Å². The molecule has 1 N–H and O–H groups in total. The van der Waals surface area contributed by atoms with Gasteiger partial charge in [-0.05, 0) is 55.3 Å². The molecule has 0 aliphatic rings. The fourth-order valence-corrected chi connectivity index (χ4v) is 6.73. The Labute approximate surface area is 212 Å². The van der Waals surface area contributed by atoms with Crippen molar-refractivity contribution in [2.45, 2.75) is 35.8 Å². The highest BCUT2D eigenvalue weighted by molar-refractivity contribution is 7.89. The van der Waals surface area contributed by atoms with Gasteiger partial charge in [0.05, 0.1) is 22.5 Å². The van der Waals surface area contributed by atoms with E-state index < -0.39 is 38.1 Å². The summed E-state index contributed by atoms with van der Waals surface area (Å²) >= 11 is 11.8. The number of rotatable bonds is 12. The Morgan fingerprint density at radius 2 is 1.53 bits per heavy atom. The lowest BCUT2D eigenvalue weighted by Gasteiger charge is -2.33. The second kappa shape index (κ2) is 12.1. The van der Waals surface area contributed by atoms with E-state index in [1.54, 1.807) is 26.0 Å². The average molecular weight is 554 g/mol. The Hall–Kier alpha value is -1.24. The van der Waals surface area contributed by atoms with E-state index in [0.29, 0.717) is 10.0 Å². The van der Waals surface area contributed by atoms with E-state index in [-0.39, 0.29) is 29.5 Å². The third kappa shape index (κ3) is 6.92. The highest BCUT2D eigenvalue weighted by atomic mass is 35.5. The van der Waals surface area contributed by atoms with Gasteiger partial charge in [0.2, 0.25) is 20.0 Å². The molecule has 2 rings (SSSR count). The standard InChI is InChI=1S/C22H30Cl2N2O6S2/c1-16(13-26(17(2)15-27)34(30,31)20-10-8-18(23)9-11-20)22(32-4)14-25(3)33(28,29)21-7-5-6-19(24)12-21/h5-12,16-17,22,27H,13-15H2,1-4H3/t16-,17-,22+/m0/s1. The summed E-state index contributed by atoms with van der Waals surface area (Å²) in [4.78, 5) is 0.0878. The van der Waals surface area contributed by atoms with E-state index in [2.05, 4.69) is 0 Å². The fourth-order valence-electron chi connectivity index (χ4n) is 3.40. The van der Waals surface area contributed by atoms with Gasteiger partial charge in [-0.25, -0.2) is 16.8 Å². The maximum Gasteiger partial charge on any atom is 0.243 e. The van der Waals surface area contributed by atoms with Crippen molar-refractivity contribution in [1.82, 2.24) is 8.61 Å². The summed E-state index contributed by atoms with van der Waals surface area (Å²) in [5.74, 6) is -0.418. The van der Waals surface area contributed by atoms with Gasteiger partial charge in [-0.15, -0.1) is 0 Å². The molecule has 12 heteroatoms. The number of aliphatic hydroxyl groups is 1. The van der Waals surface area contributed by atoms with E-state index in [9.17, 15) is 21.9 Å². The number of halogens is 2. The Balaban J connectivity index is 2.26. The minimum absolute atomic E-state index is 0.00372. The third-order valence-electron chi connectivity index (χ3n) is 5.52. The molecule has 0 aromatic heterocycles. The van der Waals surface area contributed by atoms with Gasteiger partial charge in [-0.1, -0.05) is 36.2 Å². The van der Waals surface area contributed by atoms with Crippen molar-refractivity contribution < 1.29 is 26.7 Å². The van der Waals surface area contributed by atoms with Crippen molar-refractivity contribution in [3.8, 4) is 0 Å². The number of hydrogen-bond acceptors (Lipinski definition) is 6. The zero-order valence-corrected chi connectivity index (χ0v) is 22.6. The summed E-state index contributed by atoms with van der Waals surface area (Å²) in [6, 6.07) is 11.0. The zero-order valence-electron chi connectivity index (χ0n) is 19.4. The number of benzene rings is 2. The molecule has 0 aliphatic carbocycles. The molecule has 0 saturated heterocycles. The number of likely N-dealkylation sites (N-methyl/N-ethyl adjacent to an activating group) is 1. The first-order valence-corrected chi connectivity index (χ1v) is 14.1. The predicted octanol–water partition coefficient (Wildman–Crippen LogP) is 3.34. The molecule has 2 aromatic rings. The molecular formula is C22H30Cl2N2O6S2. The van der Waals surface area contributed by atoms with Crippen LogP contribution in [0.2, 0.25) is 10.0 Å². The number of nitrogens with zero attached hydrogens (tertiary/aromatic N) is 2. The summed E-state index contributed by atoms with van der Waals surface area (Å²) in [7, 11) is -4.94. The van der Waals surface area contributed by atoms with E-state index in [0.717, 1.165) is 4.31 Å². The Morgan fingerprint density at radius 1 is 0.912 bits per heavy atom. The predicted molar refractivity (Wildman–Crippen MR) is 133 cm³/mol. The van der Waals surface area contributed by atoms with E-state index in [1.165, 1.54) is 54.9 Å². The van der Waals surface area contributed by atoms with Crippen molar-refractivity contribution in [2.24, 2.45) is 5.92 Å². The maximum atomic E-state index is 13.3. The van der Waals surface area contributed by atoms with Crippen molar-refractivity contribution in [1.29, 1.82) is 0 Å². The number of methoxy groups -OCH3 is 1. The van der Waals surface area contributed by atoms with Crippen LogP contribution < -0.4 is 0 Å². The monoisotopic (exact) mass is 552 g/mol. The molecule has 0 heterocycles. The number of aliphatic hydroxyl groups excluding tert-OH is 1. The molecule has 3 atom stereocenters. The molecular weight excluding hydrogens is 523 g/mol. The number of ether oxygens (including phenoxy) is 1. The second-order valence-electron chi connectivity index (χ2n) is 8.05. The van der Waals surface area contributed by atoms with Crippen LogP contribution in [0, 0.1) is 5.92 Å². The zero-order chi connectivity index (χ0) is 25.7. The van der Waals surface area contributed by atoms with Crippen LogP contribution in [0.4, 0.5) is 0 Å². The first kappa shape index (κ1) is 29.0. The molecule has 34 heavy (non-hydrogen) atoms.